The van der Waals surface area contributed by atoms with Gasteiger partial charge in [-0.1, -0.05) is 51.2 Å². The number of hydrogen-bond donors (Lipinski definition) is 1. The molecule has 0 unspecified atom stereocenters. The van der Waals surface area contributed by atoms with Gasteiger partial charge in [0.15, 0.2) is 0 Å². The predicted molar refractivity (Wildman–Crippen MR) is 90.0 cm³/mol. The number of ether oxygens (including phenoxy) is 1. The molecule has 1 rings (SSSR count). The van der Waals surface area contributed by atoms with Gasteiger partial charge in [0.1, 0.15) is 5.75 Å². The summed E-state index contributed by atoms with van der Waals surface area (Å²) in [5.74, 6) is 0.477. The molecule has 22 heavy (non-hydrogen) atoms. The van der Waals surface area contributed by atoms with Crippen molar-refractivity contribution in [3.05, 3.63) is 29.8 Å². The van der Waals surface area contributed by atoms with Crippen LogP contribution < -0.4 is 4.74 Å². The van der Waals surface area contributed by atoms with Gasteiger partial charge in [-0.3, -0.25) is 4.55 Å². The lowest BCUT2D eigenvalue weighted by atomic mass is 10.0. The van der Waals surface area contributed by atoms with Crippen LogP contribution in [0.25, 0.3) is 0 Å². The third kappa shape index (κ3) is 9.79. The van der Waals surface area contributed by atoms with Gasteiger partial charge in [0.25, 0.3) is 10.1 Å². The Morgan fingerprint density at radius 2 is 1.59 bits per heavy atom. The molecule has 4 nitrogen and oxygen atoms in total. The zero-order chi connectivity index (χ0) is 16.3. The first-order valence-electron chi connectivity index (χ1n) is 8.18. The minimum absolute atomic E-state index is 0.261. The summed E-state index contributed by atoms with van der Waals surface area (Å²) in [4.78, 5) is 0. The van der Waals surface area contributed by atoms with Gasteiger partial charge in [-0.15, -0.1) is 0 Å². The number of unbranched alkanes of at least 4 members (excludes halogenated alkanes) is 5. The fourth-order valence-electron chi connectivity index (χ4n) is 2.29. The molecule has 0 atom stereocenters. The van der Waals surface area contributed by atoms with Crippen LogP contribution in [0.15, 0.2) is 24.3 Å². The zero-order valence-corrected chi connectivity index (χ0v) is 14.3. The molecule has 0 saturated heterocycles. The van der Waals surface area contributed by atoms with Gasteiger partial charge >= 0.3 is 0 Å². The molecule has 0 amide bonds. The lowest BCUT2D eigenvalue weighted by molar-refractivity contribution is 0.316. The summed E-state index contributed by atoms with van der Waals surface area (Å²) in [6, 6.07) is 7.95. The highest BCUT2D eigenvalue weighted by molar-refractivity contribution is 7.85. The average molecular weight is 328 g/mol. The average Bonchev–Trinajstić information content (AvgIpc) is 2.48. The molecule has 126 valence electrons. The van der Waals surface area contributed by atoms with Gasteiger partial charge in [0.2, 0.25) is 0 Å². The molecule has 0 saturated carbocycles. The molecule has 0 bridgehead atoms. The lowest BCUT2D eigenvalue weighted by Crippen LogP contribution is -2.08. The largest absolute Gasteiger partial charge is 0.494 e. The molecule has 1 N–H and O–H groups in total. The molecular formula is C17H28O4S. The highest BCUT2D eigenvalue weighted by Crippen LogP contribution is 2.15. The first kappa shape index (κ1) is 19.0. The molecule has 0 radical (unpaired) electrons. The topological polar surface area (TPSA) is 63.6 Å². The maximum absolute atomic E-state index is 10.6. The normalized spacial score (nSPS) is 11.5. The van der Waals surface area contributed by atoms with E-state index in [0.29, 0.717) is 6.42 Å². The SMILES string of the molecule is CCCCCCCCc1ccc(OCCCS(=O)(=O)O)cc1. The lowest BCUT2D eigenvalue weighted by Gasteiger charge is -2.07. The van der Waals surface area contributed by atoms with Crippen LogP contribution in [-0.4, -0.2) is 25.3 Å². The Labute approximate surface area is 134 Å². The number of hydrogen-bond acceptors (Lipinski definition) is 3. The summed E-state index contributed by atoms with van der Waals surface area (Å²) in [6.45, 7) is 2.52. The predicted octanol–water partition coefficient (Wildman–Crippen LogP) is 4.25. The van der Waals surface area contributed by atoms with Crippen LogP contribution in [0.2, 0.25) is 0 Å². The van der Waals surface area contributed by atoms with Crippen molar-refractivity contribution in [3.63, 3.8) is 0 Å². The zero-order valence-electron chi connectivity index (χ0n) is 13.5. The monoisotopic (exact) mass is 328 g/mol. The minimum Gasteiger partial charge on any atom is -0.494 e. The molecule has 0 aliphatic rings. The molecule has 0 spiro atoms. The summed E-state index contributed by atoms with van der Waals surface area (Å²) in [7, 11) is -3.88. The fourth-order valence-corrected chi connectivity index (χ4v) is 2.78. The maximum atomic E-state index is 10.6. The van der Waals surface area contributed by atoms with Gasteiger partial charge in [-0.05, 0) is 37.0 Å². The highest BCUT2D eigenvalue weighted by Gasteiger charge is 2.04. The number of benzene rings is 1. The Hall–Kier alpha value is -1.07. The van der Waals surface area contributed by atoms with E-state index in [1.165, 1.54) is 44.1 Å². The summed E-state index contributed by atoms with van der Waals surface area (Å²) in [6.07, 6.45) is 9.17. The van der Waals surface area contributed by atoms with E-state index in [4.69, 9.17) is 9.29 Å². The van der Waals surface area contributed by atoms with Crippen LogP contribution in [0, 0.1) is 0 Å². The van der Waals surface area contributed by atoms with Gasteiger partial charge in [-0.25, -0.2) is 0 Å². The molecule has 0 fully saturated rings. The smallest absolute Gasteiger partial charge is 0.264 e. The molecule has 0 aliphatic heterocycles. The van der Waals surface area contributed by atoms with E-state index in [2.05, 4.69) is 19.1 Å². The Balaban J connectivity index is 2.17. The fraction of sp³-hybridized carbons (Fsp3) is 0.647. The van der Waals surface area contributed by atoms with Crippen molar-refractivity contribution in [3.8, 4) is 5.75 Å². The summed E-state index contributed by atoms with van der Waals surface area (Å²) in [5, 5.41) is 0. The van der Waals surface area contributed by atoms with Crippen molar-refractivity contribution in [2.75, 3.05) is 12.4 Å². The van der Waals surface area contributed by atoms with E-state index in [1.807, 2.05) is 12.1 Å². The Bertz CT molecular complexity index is 494. The summed E-state index contributed by atoms with van der Waals surface area (Å²) >= 11 is 0. The second-order valence-corrected chi connectivity index (χ2v) is 7.22. The second kappa shape index (κ2) is 10.6. The Morgan fingerprint density at radius 3 is 2.23 bits per heavy atom. The Kier molecular flexibility index (Phi) is 9.16. The van der Waals surface area contributed by atoms with E-state index in [-0.39, 0.29) is 12.4 Å². The van der Waals surface area contributed by atoms with Crippen LogP contribution >= 0.6 is 0 Å². The quantitative estimate of drug-likeness (QED) is 0.460. The van der Waals surface area contributed by atoms with Gasteiger partial charge in [-0.2, -0.15) is 8.42 Å². The molecule has 0 heterocycles. The third-order valence-corrected chi connectivity index (χ3v) is 4.36. The molecule has 1 aromatic rings. The van der Waals surface area contributed by atoms with Gasteiger partial charge in [0.05, 0.1) is 12.4 Å². The maximum Gasteiger partial charge on any atom is 0.264 e. The third-order valence-electron chi connectivity index (χ3n) is 3.56. The minimum atomic E-state index is -3.88. The van der Waals surface area contributed by atoms with Crippen molar-refractivity contribution in [2.45, 2.75) is 58.3 Å². The van der Waals surface area contributed by atoms with Crippen molar-refractivity contribution < 1.29 is 17.7 Å². The van der Waals surface area contributed by atoms with Crippen molar-refractivity contribution >= 4 is 10.1 Å². The Morgan fingerprint density at radius 1 is 0.955 bits per heavy atom. The van der Waals surface area contributed by atoms with Crippen molar-refractivity contribution in [1.82, 2.24) is 0 Å². The summed E-state index contributed by atoms with van der Waals surface area (Å²) in [5.41, 5.74) is 1.31. The van der Waals surface area contributed by atoms with Crippen molar-refractivity contribution in [2.24, 2.45) is 0 Å². The molecule has 5 heteroatoms. The number of aryl methyl sites for hydroxylation is 1. The molecule has 0 aromatic heterocycles. The standard InChI is InChI=1S/C17H28O4S/c1-2-3-4-5-6-7-9-16-10-12-17(13-11-16)21-14-8-15-22(18,19)20/h10-13H,2-9,14-15H2,1H3,(H,18,19,20). The number of rotatable bonds is 12. The van der Waals surface area contributed by atoms with E-state index in [1.54, 1.807) is 0 Å². The summed E-state index contributed by atoms with van der Waals surface area (Å²) < 4.78 is 35.2. The van der Waals surface area contributed by atoms with Crippen LogP contribution in [0.4, 0.5) is 0 Å². The second-order valence-electron chi connectivity index (χ2n) is 5.65. The van der Waals surface area contributed by atoms with Crippen LogP contribution in [0.5, 0.6) is 5.75 Å². The van der Waals surface area contributed by atoms with Crippen LogP contribution in [0.3, 0.4) is 0 Å². The van der Waals surface area contributed by atoms with Gasteiger partial charge < -0.3 is 4.74 Å². The molecule has 0 aliphatic carbocycles. The van der Waals surface area contributed by atoms with E-state index >= 15 is 0 Å². The van der Waals surface area contributed by atoms with Crippen LogP contribution in [0.1, 0.15) is 57.4 Å². The first-order chi connectivity index (χ1) is 10.5. The van der Waals surface area contributed by atoms with Crippen molar-refractivity contribution in [1.29, 1.82) is 0 Å². The molecular weight excluding hydrogens is 300 g/mol. The van der Waals surface area contributed by atoms with Crippen LogP contribution in [-0.2, 0) is 16.5 Å². The van der Waals surface area contributed by atoms with Gasteiger partial charge in [0, 0.05) is 0 Å². The first-order valence-corrected chi connectivity index (χ1v) is 9.79. The van der Waals surface area contributed by atoms with E-state index in [0.717, 1.165) is 12.2 Å². The molecule has 1 aromatic carbocycles. The highest BCUT2D eigenvalue weighted by atomic mass is 32.2. The van der Waals surface area contributed by atoms with E-state index < -0.39 is 10.1 Å². The van der Waals surface area contributed by atoms with E-state index in [9.17, 15) is 8.42 Å².